The molecule has 2 heterocycles. The molecular weight excluding hydrogens is 214 g/mol. The number of aldehydes is 1. The molecule has 0 aromatic carbocycles. The van der Waals surface area contributed by atoms with Gasteiger partial charge in [0.05, 0.1) is 0 Å². The summed E-state index contributed by atoms with van der Waals surface area (Å²) < 4.78 is 0. The van der Waals surface area contributed by atoms with Crippen molar-refractivity contribution in [3.63, 3.8) is 0 Å². The minimum Gasteiger partial charge on any atom is -0.355 e. The minimum absolute atomic E-state index is 0.651. The summed E-state index contributed by atoms with van der Waals surface area (Å²) in [4.78, 5) is 19.8. The van der Waals surface area contributed by atoms with Crippen LogP contribution in [0.3, 0.4) is 0 Å². The molecule has 0 amide bonds. The smallest absolute Gasteiger partial charge is 0.151 e. The van der Waals surface area contributed by atoms with E-state index in [2.05, 4.69) is 21.8 Å². The number of hydrogen-bond donors (Lipinski definition) is 0. The molecule has 4 heteroatoms. The molecule has 1 saturated heterocycles. The summed E-state index contributed by atoms with van der Waals surface area (Å²) in [6.45, 7) is 6.27. The van der Waals surface area contributed by atoms with E-state index in [0.29, 0.717) is 5.56 Å². The van der Waals surface area contributed by atoms with E-state index in [1.807, 2.05) is 13.0 Å². The maximum Gasteiger partial charge on any atom is 0.151 e. The number of hydrogen-bond acceptors (Lipinski definition) is 4. The monoisotopic (exact) mass is 233 g/mol. The molecule has 0 atom stereocenters. The summed E-state index contributed by atoms with van der Waals surface area (Å²) in [7, 11) is 2.15. The fraction of sp³-hybridized carbons (Fsp3) is 0.538. The fourth-order valence-corrected chi connectivity index (χ4v) is 2.24. The number of carbonyl (C=O) groups is 1. The first-order valence-corrected chi connectivity index (χ1v) is 6.06. The van der Waals surface area contributed by atoms with E-state index in [0.717, 1.165) is 50.3 Å². The Kier molecular flexibility index (Phi) is 3.74. The van der Waals surface area contributed by atoms with Gasteiger partial charge < -0.3 is 9.80 Å². The third-order valence-electron chi connectivity index (χ3n) is 3.23. The Morgan fingerprint density at radius 2 is 2.12 bits per heavy atom. The van der Waals surface area contributed by atoms with E-state index >= 15 is 0 Å². The number of likely N-dealkylation sites (N-methyl/N-ethyl adjacent to an activating group) is 1. The summed E-state index contributed by atoms with van der Waals surface area (Å²) >= 11 is 0. The van der Waals surface area contributed by atoms with Gasteiger partial charge >= 0.3 is 0 Å². The summed E-state index contributed by atoms with van der Waals surface area (Å²) in [6.07, 6.45) is 3.66. The van der Waals surface area contributed by atoms with Gasteiger partial charge in [0.15, 0.2) is 6.29 Å². The summed E-state index contributed by atoms with van der Waals surface area (Å²) in [6, 6.07) is 1.91. The highest BCUT2D eigenvalue weighted by molar-refractivity contribution is 5.75. The van der Waals surface area contributed by atoms with Gasteiger partial charge in [-0.25, -0.2) is 4.98 Å². The first-order chi connectivity index (χ1) is 8.20. The molecule has 0 unspecified atom stereocenters. The van der Waals surface area contributed by atoms with Crippen molar-refractivity contribution in [1.29, 1.82) is 0 Å². The van der Waals surface area contributed by atoms with Gasteiger partial charge in [0.1, 0.15) is 5.82 Å². The van der Waals surface area contributed by atoms with Gasteiger partial charge in [-0.2, -0.15) is 0 Å². The van der Waals surface area contributed by atoms with Crippen LogP contribution in [0.2, 0.25) is 0 Å². The normalized spacial score (nSPS) is 17.9. The van der Waals surface area contributed by atoms with Crippen molar-refractivity contribution in [2.45, 2.75) is 13.3 Å². The molecule has 0 bridgehead atoms. The Balaban J connectivity index is 2.18. The van der Waals surface area contributed by atoms with Crippen molar-refractivity contribution in [2.24, 2.45) is 0 Å². The van der Waals surface area contributed by atoms with Gasteiger partial charge in [0.25, 0.3) is 0 Å². The van der Waals surface area contributed by atoms with E-state index < -0.39 is 0 Å². The zero-order chi connectivity index (χ0) is 12.3. The Bertz CT molecular complexity index is 406. The molecule has 1 aliphatic rings. The molecule has 1 aromatic rings. The number of rotatable bonds is 2. The molecule has 92 valence electrons. The van der Waals surface area contributed by atoms with Gasteiger partial charge in [0, 0.05) is 31.4 Å². The van der Waals surface area contributed by atoms with Gasteiger partial charge in [-0.3, -0.25) is 4.79 Å². The molecule has 0 spiro atoms. The molecule has 17 heavy (non-hydrogen) atoms. The van der Waals surface area contributed by atoms with Crippen LogP contribution >= 0.6 is 0 Å². The number of nitrogens with zero attached hydrogens (tertiary/aromatic N) is 3. The Hall–Kier alpha value is -1.42. The number of pyridine rings is 1. The SMILES string of the molecule is Cc1cc(C=O)cnc1N1CCCN(C)CC1. The summed E-state index contributed by atoms with van der Waals surface area (Å²) in [5, 5.41) is 0. The quantitative estimate of drug-likeness (QED) is 0.722. The van der Waals surface area contributed by atoms with E-state index in [1.165, 1.54) is 0 Å². The fourth-order valence-electron chi connectivity index (χ4n) is 2.24. The van der Waals surface area contributed by atoms with E-state index in [-0.39, 0.29) is 0 Å². The average Bonchev–Trinajstić information content (AvgIpc) is 2.54. The highest BCUT2D eigenvalue weighted by Gasteiger charge is 2.15. The molecule has 0 N–H and O–H groups in total. The lowest BCUT2D eigenvalue weighted by molar-refractivity contribution is 0.112. The van der Waals surface area contributed by atoms with Crippen LogP contribution in [0.4, 0.5) is 5.82 Å². The second-order valence-corrected chi connectivity index (χ2v) is 4.67. The molecule has 0 aliphatic carbocycles. The molecule has 1 aromatic heterocycles. The van der Waals surface area contributed by atoms with Crippen molar-refractivity contribution in [3.05, 3.63) is 23.4 Å². The number of aryl methyl sites for hydroxylation is 1. The van der Waals surface area contributed by atoms with Crippen LogP contribution in [0.5, 0.6) is 0 Å². The molecule has 1 fully saturated rings. The average molecular weight is 233 g/mol. The van der Waals surface area contributed by atoms with Crippen molar-refractivity contribution in [2.75, 3.05) is 38.1 Å². The molecular formula is C13H19N3O. The molecule has 2 rings (SSSR count). The van der Waals surface area contributed by atoms with Crippen molar-refractivity contribution >= 4 is 12.1 Å². The Labute approximate surface area is 102 Å². The number of aromatic nitrogens is 1. The minimum atomic E-state index is 0.651. The lowest BCUT2D eigenvalue weighted by Gasteiger charge is -2.23. The van der Waals surface area contributed by atoms with E-state index in [9.17, 15) is 4.79 Å². The van der Waals surface area contributed by atoms with Crippen LogP contribution in [0.1, 0.15) is 22.3 Å². The van der Waals surface area contributed by atoms with Crippen molar-refractivity contribution in [1.82, 2.24) is 9.88 Å². The maximum atomic E-state index is 10.7. The van der Waals surface area contributed by atoms with Gasteiger partial charge in [-0.15, -0.1) is 0 Å². The summed E-state index contributed by atoms with van der Waals surface area (Å²) in [5.74, 6) is 1.02. The van der Waals surface area contributed by atoms with Crippen molar-refractivity contribution in [3.8, 4) is 0 Å². The number of anilines is 1. The first kappa shape index (κ1) is 12.0. The maximum absolute atomic E-state index is 10.7. The second kappa shape index (κ2) is 5.27. The standard InChI is InChI=1S/C13H19N3O/c1-11-8-12(10-17)9-14-13(11)16-5-3-4-15(2)6-7-16/h8-10H,3-7H2,1-2H3. The van der Waals surface area contributed by atoms with Crippen molar-refractivity contribution < 1.29 is 4.79 Å². The van der Waals surface area contributed by atoms with Gasteiger partial charge in [-0.05, 0) is 38.6 Å². The highest BCUT2D eigenvalue weighted by Crippen LogP contribution is 2.18. The predicted octanol–water partition coefficient (Wildman–Crippen LogP) is 1.34. The molecule has 1 aliphatic heterocycles. The van der Waals surface area contributed by atoms with E-state index in [4.69, 9.17) is 0 Å². The second-order valence-electron chi connectivity index (χ2n) is 4.67. The van der Waals surface area contributed by atoms with E-state index in [1.54, 1.807) is 6.20 Å². The summed E-state index contributed by atoms with van der Waals surface area (Å²) in [5.41, 5.74) is 1.73. The lowest BCUT2D eigenvalue weighted by Crippen LogP contribution is -2.30. The Morgan fingerprint density at radius 3 is 2.82 bits per heavy atom. The van der Waals surface area contributed by atoms with Crippen LogP contribution in [0, 0.1) is 6.92 Å². The third-order valence-corrected chi connectivity index (χ3v) is 3.23. The Morgan fingerprint density at radius 1 is 1.29 bits per heavy atom. The largest absolute Gasteiger partial charge is 0.355 e. The zero-order valence-corrected chi connectivity index (χ0v) is 10.5. The lowest BCUT2D eigenvalue weighted by atomic mass is 10.2. The van der Waals surface area contributed by atoms with Gasteiger partial charge in [-0.1, -0.05) is 0 Å². The van der Waals surface area contributed by atoms with Crippen LogP contribution < -0.4 is 4.90 Å². The molecule has 0 radical (unpaired) electrons. The topological polar surface area (TPSA) is 36.4 Å². The van der Waals surface area contributed by atoms with Crippen LogP contribution in [-0.4, -0.2) is 49.4 Å². The molecule has 0 saturated carbocycles. The third kappa shape index (κ3) is 2.82. The zero-order valence-electron chi connectivity index (χ0n) is 10.5. The predicted molar refractivity (Wildman–Crippen MR) is 68.7 cm³/mol. The number of carbonyl (C=O) groups excluding carboxylic acids is 1. The molecule has 4 nitrogen and oxygen atoms in total. The highest BCUT2D eigenvalue weighted by atomic mass is 16.1. The van der Waals surface area contributed by atoms with Crippen LogP contribution in [0.25, 0.3) is 0 Å². The van der Waals surface area contributed by atoms with Crippen LogP contribution in [-0.2, 0) is 0 Å². The first-order valence-electron chi connectivity index (χ1n) is 6.06. The van der Waals surface area contributed by atoms with Crippen LogP contribution in [0.15, 0.2) is 12.3 Å². The van der Waals surface area contributed by atoms with Gasteiger partial charge in [0.2, 0.25) is 0 Å².